The Morgan fingerprint density at radius 1 is 0.974 bits per heavy atom. The quantitative estimate of drug-likeness (QED) is 0.251. The second-order valence-corrected chi connectivity index (χ2v) is 9.03. The van der Waals surface area contributed by atoms with E-state index in [9.17, 15) is 22.8 Å². The number of aliphatic carboxylic acids is 1. The Bertz CT molecular complexity index is 1560. The van der Waals surface area contributed by atoms with Crippen LogP contribution in [0.3, 0.4) is 0 Å². The average Bonchev–Trinajstić information content (AvgIpc) is 3.13. The molecule has 1 N–H and O–H groups in total. The number of halogens is 3. The largest absolute Gasteiger partial charge is 0.573 e. The highest BCUT2D eigenvalue weighted by atomic mass is 19.4. The molecule has 0 amide bonds. The van der Waals surface area contributed by atoms with Gasteiger partial charge in [0.2, 0.25) is 0 Å². The number of rotatable bonds is 9. The van der Waals surface area contributed by atoms with E-state index in [0.29, 0.717) is 50.3 Å². The molecule has 0 fully saturated rings. The zero-order valence-corrected chi connectivity index (χ0v) is 21.6. The Hall–Kier alpha value is -4.47. The number of hydrogen-bond donors (Lipinski definition) is 1. The minimum absolute atomic E-state index is 0.172. The number of carboxylic acids is 1. The number of alkyl halides is 3. The molecule has 0 saturated heterocycles. The summed E-state index contributed by atoms with van der Waals surface area (Å²) in [4.78, 5) is 25.0. The van der Waals surface area contributed by atoms with Crippen LogP contribution in [0, 0.1) is 13.8 Å². The zero-order chi connectivity index (χ0) is 28.5. The van der Waals surface area contributed by atoms with Crippen LogP contribution in [0.15, 0.2) is 60.7 Å². The SMILES string of the molecule is COc1ccc(C(=O)c2c(C)n(Cc3cccc(O[C@H](C)C(=O)O)c3)c3cc(OC(F)(F)F)ccc23)c(C)c1. The number of nitrogens with zero attached hydrogens (tertiary/aromatic N) is 1. The number of fused-ring (bicyclic) bond motifs is 1. The van der Waals surface area contributed by atoms with Crippen LogP contribution in [0.2, 0.25) is 0 Å². The predicted octanol–water partition coefficient (Wildman–Crippen LogP) is 6.30. The fourth-order valence-corrected chi connectivity index (χ4v) is 4.45. The van der Waals surface area contributed by atoms with Crippen LogP contribution < -0.4 is 14.2 Å². The number of aromatic nitrogens is 1. The minimum atomic E-state index is -4.88. The highest BCUT2D eigenvalue weighted by Crippen LogP contribution is 2.34. The van der Waals surface area contributed by atoms with Gasteiger partial charge < -0.3 is 23.9 Å². The molecule has 0 aliphatic rings. The topological polar surface area (TPSA) is 87.0 Å². The summed E-state index contributed by atoms with van der Waals surface area (Å²) in [6.45, 7) is 5.08. The fraction of sp³-hybridized carbons (Fsp3) is 0.241. The summed E-state index contributed by atoms with van der Waals surface area (Å²) in [5, 5.41) is 9.61. The first-order chi connectivity index (χ1) is 18.4. The number of hydrogen-bond acceptors (Lipinski definition) is 5. The van der Waals surface area contributed by atoms with Crippen LogP contribution in [0.1, 0.15) is 39.7 Å². The van der Waals surface area contributed by atoms with Gasteiger partial charge in [-0.1, -0.05) is 12.1 Å². The normalized spacial score (nSPS) is 12.3. The number of carbonyl (C=O) groups is 2. The molecule has 0 aliphatic heterocycles. The number of aryl methyl sites for hydroxylation is 1. The van der Waals surface area contributed by atoms with Gasteiger partial charge in [-0.25, -0.2) is 4.79 Å². The molecule has 10 heteroatoms. The van der Waals surface area contributed by atoms with E-state index >= 15 is 0 Å². The van der Waals surface area contributed by atoms with Crippen molar-refractivity contribution >= 4 is 22.7 Å². The van der Waals surface area contributed by atoms with Gasteiger partial charge in [0.1, 0.15) is 17.2 Å². The number of carboxylic acid groups (broad SMARTS) is 1. The Morgan fingerprint density at radius 3 is 2.33 bits per heavy atom. The number of ketones is 1. The standard InChI is InChI=1S/C29H26F3NO6/c1-16-12-20(37-4)8-10-23(16)27(34)26-17(2)33(25-14-22(9-11-24(25)26)39-29(30,31)32)15-19-6-5-7-21(13-19)38-18(3)28(35)36/h5-14,18H,15H2,1-4H3,(H,35,36)/t18-/m1/s1. The summed E-state index contributed by atoms with van der Waals surface area (Å²) in [5.41, 5.74) is 3.07. The van der Waals surface area contributed by atoms with E-state index in [1.54, 1.807) is 60.9 Å². The monoisotopic (exact) mass is 541 g/mol. The molecule has 4 rings (SSSR count). The Labute approximate surface area is 222 Å². The van der Waals surface area contributed by atoms with Gasteiger partial charge in [0.05, 0.1) is 18.2 Å². The van der Waals surface area contributed by atoms with Crippen LogP contribution >= 0.6 is 0 Å². The van der Waals surface area contributed by atoms with E-state index in [1.807, 2.05) is 0 Å². The second kappa shape index (κ2) is 10.7. The van der Waals surface area contributed by atoms with E-state index in [0.717, 1.165) is 0 Å². The van der Waals surface area contributed by atoms with Crippen molar-refractivity contribution in [1.82, 2.24) is 4.57 Å². The van der Waals surface area contributed by atoms with Crippen LogP contribution in [-0.4, -0.2) is 41.0 Å². The van der Waals surface area contributed by atoms with Crippen LogP contribution in [0.25, 0.3) is 10.9 Å². The van der Waals surface area contributed by atoms with Gasteiger partial charge in [0.25, 0.3) is 0 Å². The summed E-state index contributed by atoms with van der Waals surface area (Å²) < 4.78 is 55.5. The molecule has 1 aromatic heterocycles. The molecule has 4 aromatic rings. The van der Waals surface area contributed by atoms with Gasteiger partial charge in [-0.15, -0.1) is 13.2 Å². The first-order valence-electron chi connectivity index (χ1n) is 11.9. The lowest BCUT2D eigenvalue weighted by Gasteiger charge is -2.14. The molecule has 0 radical (unpaired) electrons. The molecule has 0 spiro atoms. The van der Waals surface area contributed by atoms with Crippen molar-refractivity contribution in [1.29, 1.82) is 0 Å². The fourth-order valence-electron chi connectivity index (χ4n) is 4.45. The third-order valence-corrected chi connectivity index (χ3v) is 6.33. The highest BCUT2D eigenvalue weighted by molar-refractivity contribution is 6.18. The first-order valence-corrected chi connectivity index (χ1v) is 11.9. The summed E-state index contributed by atoms with van der Waals surface area (Å²) in [6.07, 6.45) is -5.96. The molecule has 7 nitrogen and oxygen atoms in total. The van der Waals surface area contributed by atoms with Gasteiger partial charge in [0, 0.05) is 29.3 Å². The predicted molar refractivity (Wildman–Crippen MR) is 138 cm³/mol. The van der Waals surface area contributed by atoms with Crippen LogP contribution in [0.5, 0.6) is 17.2 Å². The molecule has 1 heterocycles. The van der Waals surface area contributed by atoms with Crippen molar-refractivity contribution in [3.8, 4) is 17.2 Å². The lowest BCUT2D eigenvalue weighted by atomic mass is 9.97. The molecule has 3 aromatic carbocycles. The third kappa shape index (κ3) is 6.00. The second-order valence-electron chi connectivity index (χ2n) is 9.03. The van der Waals surface area contributed by atoms with Crippen molar-refractivity contribution in [2.24, 2.45) is 0 Å². The van der Waals surface area contributed by atoms with Crippen molar-refractivity contribution in [2.75, 3.05) is 7.11 Å². The Balaban J connectivity index is 1.83. The summed E-state index contributed by atoms with van der Waals surface area (Å²) in [7, 11) is 1.52. The maximum atomic E-state index is 13.8. The van der Waals surface area contributed by atoms with E-state index in [4.69, 9.17) is 14.6 Å². The van der Waals surface area contributed by atoms with Crippen LogP contribution in [-0.2, 0) is 11.3 Å². The van der Waals surface area contributed by atoms with E-state index in [1.165, 1.54) is 32.2 Å². The van der Waals surface area contributed by atoms with Gasteiger partial charge in [-0.05, 0) is 74.4 Å². The average molecular weight is 542 g/mol. The molecule has 0 saturated carbocycles. The molecule has 0 unspecified atom stereocenters. The number of methoxy groups -OCH3 is 1. The lowest BCUT2D eigenvalue weighted by Crippen LogP contribution is -2.22. The van der Waals surface area contributed by atoms with Crippen LogP contribution in [0.4, 0.5) is 13.2 Å². The molecule has 1 atom stereocenters. The van der Waals surface area contributed by atoms with Gasteiger partial charge in [-0.2, -0.15) is 0 Å². The Morgan fingerprint density at radius 2 is 1.69 bits per heavy atom. The van der Waals surface area contributed by atoms with Gasteiger partial charge in [-0.3, -0.25) is 4.79 Å². The van der Waals surface area contributed by atoms with Crippen molar-refractivity contribution in [3.63, 3.8) is 0 Å². The number of carbonyl (C=O) groups excluding carboxylic acids is 1. The van der Waals surface area contributed by atoms with Gasteiger partial charge >= 0.3 is 12.3 Å². The third-order valence-electron chi connectivity index (χ3n) is 6.33. The lowest BCUT2D eigenvalue weighted by molar-refractivity contribution is -0.274. The molecular weight excluding hydrogens is 515 g/mol. The zero-order valence-electron chi connectivity index (χ0n) is 21.6. The van der Waals surface area contributed by atoms with E-state index in [-0.39, 0.29) is 12.3 Å². The first kappa shape index (κ1) is 27.6. The smallest absolute Gasteiger partial charge is 0.497 e. The molecular formula is C29H26F3NO6. The minimum Gasteiger partial charge on any atom is -0.497 e. The summed E-state index contributed by atoms with van der Waals surface area (Å²) in [6, 6.07) is 15.7. The van der Waals surface area contributed by atoms with Crippen molar-refractivity contribution in [3.05, 3.63) is 88.6 Å². The van der Waals surface area contributed by atoms with Crippen molar-refractivity contribution in [2.45, 2.75) is 39.8 Å². The maximum Gasteiger partial charge on any atom is 0.573 e. The number of benzene rings is 3. The Kier molecular flexibility index (Phi) is 7.58. The summed E-state index contributed by atoms with van der Waals surface area (Å²) >= 11 is 0. The number of ether oxygens (including phenoxy) is 3. The molecule has 0 aliphatic carbocycles. The van der Waals surface area contributed by atoms with Gasteiger partial charge in [0.15, 0.2) is 11.9 Å². The molecule has 204 valence electrons. The molecule has 39 heavy (non-hydrogen) atoms. The highest BCUT2D eigenvalue weighted by Gasteiger charge is 2.32. The van der Waals surface area contributed by atoms with E-state index < -0.39 is 24.2 Å². The maximum absolute atomic E-state index is 13.8. The molecule has 0 bridgehead atoms. The van der Waals surface area contributed by atoms with Crippen molar-refractivity contribution < 1.29 is 42.1 Å². The van der Waals surface area contributed by atoms with E-state index in [2.05, 4.69) is 4.74 Å². The summed E-state index contributed by atoms with van der Waals surface area (Å²) in [5.74, 6) is -0.907.